The number of fused-ring (bicyclic) bond motifs is 1. The van der Waals surface area contributed by atoms with E-state index in [1.54, 1.807) is 6.07 Å². The Kier molecular flexibility index (Phi) is 2.51. The summed E-state index contributed by atoms with van der Waals surface area (Å²) in [7, 11) is -1.39. The molecule has 0 radical (unpaired) electrons. The second-order valence-corrected chi connectivity index (χ2v) is 3.92. The number of rotatable bonds is 1. The van der Waals surface area contributed by atoms with Crippen LogP contribution in [0.25, 0.3) is 10.8 Å². The van der Waals surface area contributed by atoms with E-state index in [4.69, 9.17) is 10.0 Å². The van der Waals surface area contributed by atoms with Gasteiger partial charge in [0.25, 0.3) is 0 Å². The van der Waals surface area contributed by atoms with Gasteiger partial charge in [-0.25, -0.2) is 0 Å². The van der Waals surface area contributed by atoms with E-state index < -0.39 is 7.12 Å². The van der Waals surface area contributed by atoms with Crippen LogP contribution in [-0.4, -0.2) is 17.2 Å². The summed E-state index contributed by atoms with van der Waals surface area (Å²) in [6.45, 7) is 4.13. The molecule has 0 aliphatic carbocycles. The van der Waals surface area contributed by atoms with Crippen LogP contribution in [-0.2, 0) is 0 Å². The maximum atomic E-state index is 9.06. The number of benzene rings is 2. The highest BCUT2D eigenvalue weighted by molar-refractivity contribution is 6.58. The van der Waals surface area contributed by atoms with Gasteiger partial charge in [0.1, 0.15) is 0 Å². The van der Waals surface area contributed by atoms with Crippen LogP contribution in [0.1, 0.15) is 11.1 Å². The van der Waals surface area contributed by atoms with Crippen molar-refractivity contribution in [1.82, 2.24) is 0 Å². The highest BCUT2D eigenvalue weighted by Crippen LogP contribution is 2.18. The lowest BCUT2D eigenvalue weighted by atomic mass is 9.79. The average Bonchev–Trinajstić information content (AvgIpc) is 2.19. The van der Waals surface area contributed by atoms with Crippen molar-refractivity contribution in [2.75, 3.05) is 0 Å². The Hall–Kier alpha value is -1.32. The minimum atomic E-state index is -1.39. The molecule has 3 heteroatoms. The Bertz CT molecular complexity index is 506. The summed E-state index contributed by atoms with van der Waals surface area (Å²) in [6, 6.07) is 9.64. The number of hydrogen-bond acceptors (Lipinski definition) is 2. The smallest absolute Gasteiger partial charge is 0.423 e. The van der Waals surface area contributed by atoms with Crippen LogP contribution < -0.4 is 5.46 Å². The van der Waals surface area contributed by atoms with E-state index in [1.165, 1.54) is 11.1 Å². The van der Waals surface area contributed by atoms with Crippen LogP contribution in [0, 0.1) is 13.8 Å². The fourth-order valence-corrected chi connectivity index (χ4v) is 1.70. The Labute approximate surface area is 89.3 Å². The van der Waals surface area contributed by atoms with Gasteiger partial charge in [0.05, 0.1) is 0 Å². The van der Waals surface area contributed by atoms with Gasteiger partial charge in [-0.05, 0) is 41.2 Å². The molecule has 2 rings (SSSR count). The molecule has 0 saturated carbocycles. The first kappa shape index (κ1) is 10.2. The second-order valence-electron chi connectivity index (χ2n) is 3.92. The molecule has 0 fully saturated rings. The van der Waals surface area contributed by atoms with Crippen molar-refractivity contribution in [2.45, 2.75) is 13.8 Å². The molecule has 0 aliphatic heterocycles. The summed E-state index contributed by atoms with van der Waals surface area (Å²) in [6.07, 6.45) is 0. The second kappa shape index (κ2) is 3.68. The fraction of sp³-hybridized carbons (Fsp3) is 0.167. The average molecular weight is 200 g/mol. The SMILES string of the molecule is Cc1cc2ccc(B(O)O)cc2cc1C. The molecule has 2 nitrogen and oxygen atoms in total. The lowest BCUT2D eigenvalue weighted by molar-refractivity contribution is 0.426. The first-order chi connectivity index (χ1) is 7.08. The van der Waals surface area contributed by atoms with Gasteiger partial charge in [0.15, 0.2) is 0 Å². The molecule has 0 aromatic heterocycles. The van der Waals surface area contributed by atoms with Gasteiger partial charge in [-0.2, -0.15) is 0 Å². The van der Waals surface area contributed by atoms with Gasteiger partial charge in [0.2, 0.25) is 0 Å². The van der Waals surface area contributed by atoms with Crippen molar-refractivity contribution >= 4 is 23.4 Å². The third kappa shape index (κ3) is 1.89. The van der Waals surface area contributed by atoms with Crippen molar-refractivity contribution in [2.24, 2.45) is 0 Å². The first-order valence-corrected chi connectivity index (χ1v) is 4.95. The Morgan fingerprint density at radius 2 is 1.47 bits per heavy atom. The lowest BCUT2D eigenvalue weighted by Gasteiger charge is -2.06. The first-order valence-electron chi connectivity index (χ1n) is 4.95. The zero-order valence-electron chi connectivity index (χ0n) is 8.86. The molecular formula is C12H13BO2. The summed E-state index contributed by atoms with van der Waals surface area (Å²) in [5, 5.41) is 20.3. The van der Waals surface area contributed by atoms with Gasteiger partial charge in [-0.15, -0.1) is 0 Å². The van der Waals surface area contributed by atoms with E-state index >= 15 is 0 Å². The Balaban J connectivity index is 2.66. The predicted octanol–water partition coefficient (Wildman–Crippen LogP) is 1.14. The third-order valence-corrected chi connectivity index (χ3v) is 2.78. The van der Waals surface area contributed by atoms with Gasteiger partial charge in [0, 0.05) is 0 Å². The molecule has 0 unspecified atom stereocenters. The van der Waals surface area contributed by atoms with Crippen LogP contribution in [0.15, 0.2) is 30.3 Å². The van der Waals surface area contributed by atoms with Crippen molar-refractivity contribution in [3.63, 3.8) is 0 Å². The molecule has 0 atom stereocenters. The van der Waals surface area contributed by atoms with Gasteiger partial charge in [-0.3, -0.25) is 0 Å². The summed E-state index contributed by atoms with van der Waals surface area (Å²) >= 11 is 0. The lowest BCUT2D eigenvalue weighted by Crippen LogP contribution is -2.29. The molecule has 15 heavy (non-hydrogen) atoms. The molecule has 76 valence electrons. The van der Waals surface area contributed by atoms with Crippen LogP contribution in [0.3, 0.4) is 0 Å². The quantitative estimate of drug-likeness (QED) is 0.677. The topological polar surface area (TPSA) is 40.5 Å². The normalized spacial score (nSPS) is 10.7. The Morgan fingerprint density at radius 1 is 0.867 bits per heavy atom. The van der Waals surface area contributed by atoms with Crippen LogP contribution in [0.5, 0.6) is 0 Å². The Morgan fingerprint density at radius 3 is 2.07 bits per heavy atom. The maximum absolute atomic E-state index is 9.06. The van der Waals surface area contributed by atoms with Crippen molar-refractivity contribution in [3.8, 4) is 0 Å². The summed E-state index contributed by atoms with van der Waals surface area (Å²) < 4.78 is 0. The molecule has 2 aromatic carbocycles. The minimum Gasteiger partial charge on any atom is -0.423 e. The highest BCUT2D eigenvalue weighted by Gasteiger charge is 2.10. The maximum Gasteiger partial charge on any atom is 0.488 e. The number of hydrogen-bond donors (Lipinski definition) is 2. The largest absolute Gasteiger partial charge is 0.488 e. The highest BCUT2D eigenvalue weighted by atomic mass is 16.4. The van der Waals surface area contributed by atoms with Crippen molar-refractivity contribution in [3.05, 3.63) is 41.5 Å². The van der Waals surface area contributed by atoms with E-state index in [2.05, 4.69) is 26.0 Å². The van der Waals surface area contributed by atoms with E-state index in [0.717, 1.165) is 10.8 Å². The monoisotopic (exact) mass is 200 g/mol. The van der Waals surface area contributed by atoms with Crippen molar-refractivity contribution < 1.29 is 10.0 Å². The molecule has 2 aromatic rings. The number of aryl methyl sites for hydroxylation is 2. The zero-order chi connectivity index (χ0) is 11.0. The van der Waals surface area contributed by atoms with Gasteiger partial charge in [-0.1, -0.05) is 30.3 Å². The predicted molar refractivity (Wildman–Crippen MR) is 63.2 cm³/mol. The minimum absolute atomic E-state index is 0.533. The third-order valence-electron chi connectivity index (χ3n) is 2.78. The molecule has 0 saturated heterocycles. The van der Waals surface area contributed by atoms with E-state index in [-0.39, 0.29) is 0 Å². The molecule has 0 heterocycles. The summed E-state index contributed by atoms with van der Waals surface area (Å²) in [5.41, 5.74) is 3.00. The molecule has 0 aliphatic rings. The standard InChI is InChI=1S/C12H13BO2/c1-8-5-10-3-4-12(13(14)15)7-11(10)6-9(8)2/h3-7,14-15H,1-2H3. The molecule has 0 amide bonds. The molecule has 0 spiro atoms. The van der Waals surface area contributed by atoms with E-state index in [9.17, 15) is 0 Å². The molecule has 0 bridgehead atoms. The molecule has 2 N–H and O–H groups in total. The molecular weight excluding hydrogens is 187 g/mol. The van der Waals surface area contributed by atoms with E-state index in [0.29, 0.717) is 5.46 Å². The van der Waals surface area contributed by atoms with Crippen LogP contribution in [0.2, 0.25) is 0 Å². The van der Waals surface area contributed by atoms with Crippen LogP contribution in [0.4, 0.5) is 0 Å². The van der Waals surface area contributed by atoms with Gasteiger partial charge >= 0.3 is 7.12 Å². The van der Waals surface area contributed by atoms with Crippen molar-refractivity contribution in [1.29, 1.82) is 0 Å². The van der Waals surface area contributed by atoms with Crippen LogP contribution >= 0.6 is 0 Å². The zero-order valence-corrected chi connectivity index (χ0v) is 8.86. The van der Waals surface area contributed by atoms with E-state index in [1.807, 2.05) is 12.1 Å². The fourth-order valence-electron chi connectivity index (χ4n) is 1.70. The summed E-state index contributed by atoms with van der Waals surface area (Å²) in [5.74, 6) is 0. The summed E-state index contributed by atoms with van der Waals surface area (Å²) in [4.78, 5) is 0. The van der Waals surface area contributed by atoms with Gasteiger partial charge < -0.3 is 10.0 Å².